The number of hydrogen-bond acceptors (Lipinski definition) is 5. The lowest BCUT2D eigenvalue weighted by atomic mass is 10.4. The topological polar surface area (TPSA) is 65.0 Å². The van der Waals surface area contributed by atoms with E-state index in [2.05, 4.69) is 11.9 Å². The SMILES string of the molecule is CCCCOCCOC(=O)C=CN=C=O. The third kappa shape index (κ3) is 10.5. The summed E-state index contributed by atoms with van der Waals surface area (Å²) in [7, 11) is 0. The van der Waals surface area contributed by atoms with E-state index < -0.39 is 5.97 Å². The summed E-state index contributed by atoms with van der Waals surface area (Å²) in [5.41, 5.74) is 0. The summed E-state index contributed by atoms with van der Waals surface area (Å²) in [4.78, 5) is 23.5. The zero-order chi connectivity index (χ0) is 11.4. The summed E-state index contributed by atoms with van der Waals surface area (Å²) in [6.07, 6.45) is 5.43. The van der Waals surface area contributed by atoms with Crippen LogP contribution < -0.4 is 0 Å². The molecule has 0 N–H and O–H groups in total. The van der Waals surface area contributed by atoms with Gasteiger partial charge in [-0.15, -0.1) is 0 Å². The first-order chi connectivity index (χ1) is 7.31. The maximum atomic E-state index is 10.9. The number of unbranched alkanes of at least 4 members (excludes halogenated alkanes) is 1. The summed E-state index contributed by atoms with van der Waals surface area (Å²) in [5, 5.41) is 0. The minimum atomic E-state index is -0.548. The lowest BCUT2D eigenvalue weighted by Gasteiger charge is -2.02. The maximum Gasteiger partial charge on any atom is 0.332 e. The number of esters is 1. The van der Waals surface area contributed by atoms with Crippen LogP contribution in [0.1, 0.15) is 19.8 Å². The number of carbonyl (C=O) groups is 1. The van der Waals surface area contributed by atoms with Crippen LogP contribution in [0.3, 0.4) is 0 Å². The molecule has 0 rings (SSSR count). The summed E-state index contributed by atoms with van der Waals surface area (Å²) >= 11 is 0. The molecule has 0 aromatic heterocycles. The number of hydrogen-bond donors (Lipinski definition) is 0. The van der Waals surface area contributed by atoms with Gasteiger partial charge in [-0.25, -0.2) is 9.59 Å². The Morgan fingerprint density at radius 2 is 2.20 bits per heavy atom. The second-order valence-corrected chi connectivity index (χ2v) is 2.67. The fourth-order valence-corrected chi connectivity index (χ4v) is 0.726. The molecule has 0 bridgehead atoms. The molecule has 0 aliphatic heterocycles. The van der Waals surface area contributed by atoms with Crippen molar-refractivity contribution in [2.75, 3.05) is 19.8 Å². The minimum absolute atomic E-state index is 0.206. The van der Waals surface area contributed by atoms with Gasteiger partial charge in [0.1, 0.15) is 6.61 Å². The van der Waals surface area contributed by atoms with Gasteiger partial charge in [0.2, 0.25) is 6.08 Å². The van der Waals surface area contributed by atoms with E-state index in [1.807, 2.05) is 0 Å². The Morgan fingerprint density at radius 3 is 2.87 bits per heavy atom. The lowest BCUT2D eigenvalue weighted by Crippen LogP contribution is -2.08. The zero-order valence-electron chi connectivity index (χ0n) is 8.77. The van der Waals surface area contributed by atoms with Gasteiger partial charge >= 0.3 is 5.97 Å². The molecule has 0 atom stereocenters. The highest BCUT2D eigenvalue weighted by atomic mass is 16.6. The molecular weight excluding hydrogens is 198 g/mol. The average molecular weight is 213 g/mol. The van der Waals surface area contributed by atoms with E-state index in [9.17, 15) is 9.59 Å². The Bertz CT molecular complexity index is 244. The summed E-state index contributed by atoms with van der Waals surface area (Å²) in [6, 6.07) is 0. The van der Waals surface area contributed by atoms with E-state index in [0.717, 1.165) is 25.1 Å². The number of rotatable bonds is 8. The van der Waals surface area contributed by atoms with Crippen LogP contribution in [-0.2, 0) is 19.1 Å². The van der Waals surface area contributed by atoms with Crippen molar-refractivity contribution < 1.29 is 19.1 Å². The largest absolute Gasteiger partial charge is 0.460 e. The Morgan fingerprint density at radius 1 is 1.40 bits per heavy atom. The molecule has 0 saturated carbocycles. The van der Waals surface area contributed by atoms with Gasteiger partial charge in [-0.05, 0) is 6.42 Å². The molecule has 0 spiro atoms. The molecule has 0 unspecified atom stereocenters. The number of nitrogens with zero attached hydrogens (tertiary/aromatic N) is 1. The quantitative estimate of drug-likeness (QED) is 0.200. The van der Waals surface area contributed by atoms with Crippen molar-refractivity contribution in [2.24, 2.45) is 4.99 Å². The van der Waals surface area contributed by atoms with Crippen molar-refractivity contribution in [3.63, 3.8) is 0 Å². The second-order valence-electron chi connectivity index (χ2n) is 2.67. The molecule has 5 nitrogen and oxygen atoms in total. The van der Waals surface area contributed by atoms with E-state index in [4.69, 9.17) is 9.47 Å². The maximum absolute atomic E-state index is 10.9. The molecule has 0 fully saturated rings. The minimum Gasteiger partial charge on any atom is -0.460 e. The van der Waals surface area contributed by atoms with Gasteiger partial charge in [0, 0.05) is 18.9 Å². The average Bonchev–Trinajstić information content (AvgIpc) is 2.23. The van der Waals surface area contributed by atoms with E-state index in [1.165, 1.54) is 6.08 Å². The predicted molar refractivity (Wildman–Crippen MR) is 53.9 cm³/mol. The van der Waals surface area contributed by atoms with Crippen molar-refractivity contribution in [1.29, 1.82) is 0 Å². The first kappa shape index (κ1) is 13.5. The molecule has 0 heterocycles. The predicted octanol–water partition coefficient (Wildman–Crippen LogP) is 1.20. The van der Waals surface area contributed by atoms with Crippen LogP contribution in [0.25, 0.3) is 0 Å². The first-order valence-electron chi connectivity index (χ1n) is 4.79. The van der Waals surface area contributed by atoms with Crippen molar-refractivity contribution in [3.05, 3.63) is 12.3 Å². The van der Waals surface area contributed by atoms with Crippen molar-refractivity contribution >= 4 is 12.0 Å². The van der Waals surface area contributed by atoms with Crippen LogP contribution >= 0.6 is 0 Å². The van der Waals surface area contributed by atoms with Crippen LogP contribution in [-0.4, -0.2) is 31.9 Å². The molecular formula is C10H15NO4. The van der Waals surface area contributed by atoms with Crippen molar-refractivity contribution in [2.45, 2.75) is 19.8 Å². The molecule has 0 aromatic carbocycles. The molecule has 15 heavy (non-hydrogen) atoms. The van der Waals surface area contributed by atoms with Crippen LogP contribution in [0, 0.1) is 0 Å². The number of aliphatic imine (C=N–C) groups is 1. The summed E-state index contributed by atoms with van der Waals surface area (Å²) in [6.45, 7) is 3.34. The highest BCUT2D eigenvalue weighted by molar-refractivity contribution is 5.81. The molecule has 84 valence electrons. The van der Waals surface area contributed by atoms with Gasteiger partial charge in [0.25, 0.3) is 0 Å². The Balaban J connectivity index is 3.35. The number of ether oxygens (including phenoxy) is 2. The van der Waals surface area contributed by atoms with E-state index in [0.29, 0.717) is 13.2 Å². The first-order valence-corrected chi connectivity index (χ1v) is 4.79. The number of carbonyl (C=O) groups excluding carboxylic acids is 2. The molecule has 5 heteroatoms. The fourth-order valence-electron chi connectivity index (χ4n) is 0.726. The molecule has 0 amide bonds. The van der Waals surface area contributed by atoms with Crippen LogP contribution in [0.15, 0.2) is 17.3 Å². The molecule has 0 aromatic rings. The third-order valence-electron chi connectivity index (χ3n) is 1.45. The van der Waals surface area contributed by atoms with Gasteiger partial charge in [-0.3, -0.25) is 0 Å². The van der Waals surface area contributed by atoms with Gasteiger partial charge < -0.3 is 9.47 Å². The highest BCUT2D eigenvalue weighted by Gasteiger charge is 1.95. The summed E-state index contributed by atoms with van der Waals surface area (Å²) < 4.78 is 9.89. The van der Waals surface area contributed by atoms with Gasteiger partial charge in [-0.1, -0.05) is 13.3 Å². The van der Waals surface area contributed by atoms with Crippen LogP contribution in [0.2, 0.25) is 0 Å². The zero-order valence-corrected chi connectivity index (χ0v) is 8.77. The fraction of sp³-hybridized carbons (Fsp3) is 0.600. The Labute approximate surface area is 88.8 Å². The van der Waals surface area contributed by atoms with E-state index in [1.54, 1.807) is 0 Å². The molecule has 0 aliphatic carbocycles. The van der Waals surface area contributed by atoms with Gasteiger partial charge in [0.15, 0.2) is 0 Å². The number of isocyanates is 1. The standard InChI is InChI=1S/C10H15NO4/c1-2-3-6-14-7-8-15-10(13)4-5-11-9-12/h4-5H,2-3,6-8H2,1H3. The second kappa shape index (κ2) is 10.6. The van der Waals surface area contributed by atoms with Crippen molar-refractivity contribution in [3.8, 4) is 0 Å². The van der Waals surface area contributed by atoms with Crippen LogP contribution in [0.5, 0.6) is 0 Å². The Kier molecular flexibility index (Phi) is 9.60. The molecule has 0 saturated heterocycles. The van der Waals surface area contributed by atoms with E-state index >= 15 is 0 Å². The monoisotopic (exact) mass is 213 g/mol. The normalized spacial score (nSPS) is 9.93. The highest BCUT2D eigenvalue weighted by Crippen LogP contribution is 1.88. The summed E-state index contributed by atoms with van der Waals surface area (Å²) in [5.74, 6) is -0.548. The van der Waals surface area contributed by atoms with E-state index in [-0.39, 0.29) is 6.61 Å². The molecule has 0 aliphatic rings. The van der Waals surface area contributed by atoms with Gasteiger partial charge in [0.05, 0.1) is 6.61 Å². The third-order valence-corrected chi connectivity index (χ3v) is 1.45. The van der Waals surface area contributed by atoms with Crippen LogP contribution in [0.4, 0.5) is 0 Å². The lowest BCUT2D eigenvalue weighted by molar-refractivity contribution is -0.139. The molecule has 0 radical (unpaired) electrons. The van der Waals surface area contributed by atoms with Gasteiger partial charge in [-0.2, -0.15) is 4.99 Å². The Hall–Kier alpha value is -1.45. The smallest absolute Gasteiger partial charge is 0.332 e. The van der Waals surface area contributed by atoms with Crippen molar-refractivity contribution in [1.82, 2.24) is 0 Å².